The van der Waals surface area contributed by atoms with Crippen molar-refractivity contribution in [3.05, 3.63) is 23.9 Å². The van der Waals surface area contributed by atoms with Gasteiger partial charge in [0.2, 0.25) is 0 Å². The van der Waals surface area contributed by atoms with Crippen LogP contribution in [0, 0.1) is 5.92 Å². The molecule has 0 aliphatic carbocycles. The van der Waals surface area contributed by atoms with E-state index in [0.717, 1.165) is 0 Å². The van der Waals surface area contributed by atoms with E-state index in [2.05, 4.69) is 10.3 Å². The van der Waals surface area contributed by atoms with E-state index >= 15 is 0 Å². The van der Waals surface area contributed by atoms with Gasteiger partial charge in [-0.3, -0.25) is 4.79 Å². The van der Waals surface area contributed by atoms with Crippen molar-refractivity contribution in [2.75, 3.05) is 5.73 Å². The number of carbonyl (C=O) groups excluding carboxylic acids is 1. The van der Waals surface area contributed by atoms with Gasteiger partial charge in [0.15, 0.2) is 0 Å². The van der Waals surface area contributed by atoms with Crippen molar-refractivity contribution in [1.29, 1.82) is 0 Å². The lowest BCUT2D eigenvalue weighted by Crippen LogP contribution is -2.44. The van der Waals surface area contributed by atoms with E-state index in [9.17, 15) is 9.59 Å². The lowest BCUT2D eigenvalue weighted by atomic mass is 10.0. The number of amides is 1. The Balaban J connectivity index is 2.85. The Labute approximate surface area is 98.8 Å². The van der Waals surface area contributed by atoms with E-state index in [0.29, 0.717) is 0 Å². The molecule has 92 valence electrons. The molecular weight excluding hydrogens is 222 g/mol. The molecule has 0 fully saturated rings. The van der Waals surface area contributed by atoms with Crippen LogP contribution in [-0.4, -0.2) is 28.0 Å². The van der Waals surface area contributed by atoms with Crippen molar-refractivity contribution in [2.45, 2.75) is 19.9 Å². The number of nitrogens with one attached hydrogen (secondary N) is 1. The number of pyridine rings is 1. The molecule has 0 aliphatic heterocycles. The number of hydrogen-bond acceptors (Lipinski definition) is 4. The first-order valence-corrected chi connectivity index (χ1v) is 5.17. The molecule has 0 bridgehead atoms. The summed E-state index contributed by atoms with van der Waals surface area (Å²) in [6.07, 6.45) is 1.46. The van der Waals surface area contributed by atoms with Gasteiger partial charge < -0.3 is 16.2 Å². The van der Waals surface area contributed by atoms with Crippen LogP contribution in [0.25, 0.3) is 0 Å². The quantitative estimate of drug-likeness (QED) is 0.707. The van der Waals surface area contributed by atoms with Crippen LogP contribution >= 0.6 is 0 Å². The summed E-state index contributed by atoms with van der Waals surface area (Å²) in [5, 5.41) is 11.4. The van der Waals surface area contributed by atoms with Crippen molar-refractivity contribution in [1.82, 2.24) is 10.3 Å². The Morgan fingerprint density at radius 2 is 2.12 bits per heavy atom. The smallest absolute Gasteiger partial charge is 0.326 e. The highest BCUT2D eigenvalue weighted by Crippen LogP contribution is 2.09. The fourth-order valence-electron chi connectivity index (χ4n) is 1.34. The minimum Gasteiger partial charge on any atom is -0.480 e. The van der Waals surface area contributed by atoms with Crippen LogP contribution in [-0.2, 0) is 4.79 Å². The Hall–Kier alpha value is -2.11. The first kappa shape index (κ1) is 13.0. The van der Waals surface area contributed by atoms with E-state index in [1.54, 1.807) is 19.9 Å². The minimum absolute atomic E-state index is 0.0814. The number of hydrogen-bond donors (Lipinski definition) is 3. The standard InChI is InChI=1S/C11H15N3O3/c1-6(2)8(11(16)17)14-10(15)7-4-3-5-13-9(7)12/h3-6,8H,1-2H3,(H2,12,13)(H,14,15)(H,16,17). The molecule has 1 atom stereocenters. The maximum atomic E-state index is 11.8. The highest BCUT2D eigenvalue weighted by molar-refractivity contribution is 6.00. The molecule has 1 heterocycles. The molecule has 0 aliphatic rings. The third-order valence-electron chi connectivity index (χ3n) is 2.30. The second-order valence-corrected chi connectivity index (χ2v) is 3.97. The highest BCUT2D eigenvalue weighted by atomic mass is 16.4. The predicted molar refractivity (Wildman–Crippen MR) is 62.4 cm³/mol. The normalized spacial score (nSPS) is 12.2. The summed E-state index contributed by atoms with van der Waals surface area (Å²) >= 11 is 0. The van der Waals surface area contributed by atoms with Crippen molar-refractivity contribution in [3.8, 4) is 0 Å². The Morgan fingerprint density at radius 3 is 2.59 bits per heavy atom. The van der Waals surface area contributed by atoms with Crippen molar-refractivity contribution in [3.63, 3.8) is 0 Å². The van der Waals surface area contributed by atoms with Crippen LogP contribution in [0.3, 0.4) is 0 Å². The van der Waals surface area contributed by atoms with Gasteiger partial charge in [-0.25, -0.2) is 9.78 Å². The molecule has 0 saturated heterocycles. The van der Waals surface area contributed by atoms with Gasteiger partial charge in [0, 0.05) is 6.20 Å². The van der Waals surface area contributed by atoms with Gasteiger partial charge >= 0.3 is 5.97 Å². The third-order valence-corrected chi connectivity index (χ3v) is 2.30. The average Bonchev–Trinajstić information content (AvgIpc) is 2.25. The summed E-state index contributed by atoms with van der Waals surface area (Å²) in [6.45, 7) is 3.43. The van der Waals surface area contributed by atoms with Gasteiger partial charge in [-0.1, -0.05) is 13.8 Å². The number of carboxylic acid groups (broad SMARTS) is 1. The Bertz CT molecular complexity index is 432. The molecule has 0 spiro atoms. The number of rotatable bonds is 4. The van der Waals surface area contributed by atoms with Crippen LogP contribution in [0.4, 0.5) is 5.82 Å². The molecule has 1 rings (SSSR count). The maximum Gasteiger partial charge on any atom is 0.326 e. The summed E-state index contributed by atoms with van der Waals surface area (Å²) in [5.41, 5.74) is 5.71. The van der Waals surface area contributed by atoms with Crippen LogP contribution in [0.2, 0.25) is 0 Å². The molecule has 0 radical (unpaired) electrons. The molecule has 1 amide bonds. The number of aromatic nitrogens is 1. The van der Waals surface area contributed by atoms with Crippen molar-refractivity contribution < 1.29 is 14.7 Å². The van der Waals surface area contributed by atoms with Crippen molar-refractivity contribution in [2.24, 2.45) is 5.92 Å². The zero-order valence-electron chi connectivity index (χ0n) is 9.68. The summed E-state index contributed by atoms with van der Waals surface area (Å²) in [5.74, 6) is -1.74. The fraction of sp³-hybridized carbons (Fsp3) is 0.364. The van der Waals surface area contributed by atoms with Crippen LogP contribution in [0.15, 0.2) is 18.3 Å². The molecule has 0 aromatic carbocycles. The summed E-state index contributed by atoms with van der Waals surface area (Å²) in [4.78, 5) is 26.5. The summed E-state index contributed by atoms with van der Waals surface area (Å²) in [7, 11) is 0. The predicted octanol–water partition coefficient (Wildman–Crippen LogP) is 0.503. The molecule has 17 heavy (non-hydrogen) atoms. The first-order valence-electron chi connectivity index (χ1n) is 5.17. The van der Waals surface area contributed by atoms with Crippen LogP contribution in [0.1, 0.15) is 24.2 Å². The first-order chi connectivity index (χ1) is 7.93. The minimum atomic E-state index is -1.07. The molecule has 6 nitrogen and oxygen atoms in total. The van der Waals surface area contributed by atoms with Gasteiger partial charge in [0.1, 0.15) is 11.9 Å². The monoisotopic (exact) mass is 237 g/mol. The lowest BCUT2D eigenvalue weighted by Gasteiger charge is -2.18. The number of nitrogens with zero attached hydrogens (tertiary/aromatic N) is 1. The summed E-state index contributed by atoms with van der Waals surface area (Å²) in [6, 6.07) is 2.12. The molecule has 0 saturated carbocycles. The molecule has 4 N–H and O–H groups in total. The zero-order valence-corrected chi connectivity index (χ0v) is 9.68. The SMILES string of the molecule is CC(C)C(NC(=O)c1cccnc1N)C(=O)O. The van der Waals surface area contributed by atoms with Crippen molar-refractivity contribution >= 4 is 17.7 Å². The Morgan fingerprint density at radius 1 is 1.47 bits per heavy atom. The topological polar surface area (TPSA) is 105 Å². The summed E-state index contributed by atoms with van der Waals surface area (Å²) < 4.78 is 0. The molecule has 1 aromatic heterocycles. The number of aliphatic carboxylic acids is 1. The van der Waals surface area contributed by atoms with Gasteiger partial charge in [-0.15, -0.1) is 0 Å². The third kappa shape index (κ3) is 3.17. The van der Waals surface area contributed by atoms with Crippen LogP contribution in [0.5, 0.6) is 0 Å². The molecule has 1 aromatic rings. The maximum absolute atomic E-state index is 11.8. The average molecular weight is 237 g/mol. The lowest BCUT2D eigenvalue weighted by molar-refractivity contribution is -0.140. The number of anilines is 1. The van der Waals surface area contributed by atoms with E-state index in [1.165, 1.54) is 12.3 Å². The number of nitrogens with two attached hydrogens (primary N) is 1. The van der Waals surface area contributed by atoms with E-state index < -0.39 is 17.9 Å². The van der Waals surface area contributed by atoms with Gasteiger partial charge in [0.05, 0.1) is 5.56 Å². The van der Waals surface area contributed by atoms with E-state index in [4.69, 9.17) is 10.8 Å². The van der Waals surface area contributed by atoms with E-state index in [1.807, 2.05) is 0 Å². The van der Waals surface area contributed by atoms with Gasteiger partial charge in [-0.05, 0) is 18.1 Å². The van der Waals surface area contributed by atoms with Gasteiger partial charge in [-0.2, -0.15) is 0 Å². The largest absolute Gasteiger partial charge is 0.480 e. The molecule has 1 unspecified atom stereocenters. The van der Waals surface area contributed by atoms with E-state index in [-0.39, 0.29) is 17.3 Å². The molecular formula is C11H15N3O3. The Kier molecular flexibility index (Phi) is 4.03. The second-order valence-electron chi connectivity index (χ2n) is 3.97. The van der Waals surface area contributed by atoms with Crippen LogP contribution < -0.4 is 11.1 Å². The second kappa shape index (κ2) is 5.29. The number of carboxylic acids is 1. The number of carbonyl (C=O) groups is 2. The fourth-order valence-corrected chi connectivity index (χ4v) is 1.34. The van der Waals surface area contributed by atoms with Gasteiger partial charge in [0.25, 0.3) is 5.91 Å². The number of nitrogen functional groups attached to an aromatic ring is 1. The zero-order chi connectivity index (χ0) is 13.0. The highest BCUT2D eigenvalue weighted by Gasteiger charge is 2.24. The molecule has 6 heteroatoms.